The Bertz CT molecular complexity index is 571. The second-order valence-electron chi connectivity index (χ2n) is 4.39. The van der Waals surface area contributed by atoms with Crippen LogP contribution in [0.1, 0.15) is 16.1 Å². The summed E-state index contributed by atoms with van der Waals surface area (Å²) >= 11 is 1.15. The van der Waals surface area contributed by atoms with Crippen LogP contribution in [-0.2, 0) is 14.6 Å². The summed E-state index contributed by atoms with van der Waals surface area (Å²) in [5, 5.41) is 6.17. The summed E-state index contributed by atoms with van der Waals surface area (Å²) in [4.78, 5) is 16.3. The second kappa shape index (κ2) is 8.15. The molecule has 1 rings (SSSR count). The van der Waals surface area contributed by atoms with Gasteiger partial charge in [0, 0.05) is 26.5 Å². The van der Waals surface area contributed by atoms with Crippen LogP contribution in [0.2, 0.25) is 0 Å². The van der Waals surface area contributed by atoms with E-state index in [-0.39, 0.29) is 24.0 Å². The number of methoxy groups -OCH3 is 1. The molecule has 0 aliphatic carbocycles. The summed E-state index contributed by atoms with van der Waals surface area (Å²) < 4.78 is 26.8. The molecule has 0 unspecified atom stereocenters. The van der Waals surface area contributed by atoms with Crippen LogP contribution in [0.3, 0.4) is 0 Å². The van der Waals surface area contributed by atoms with Gasteiger partial charge in [0.1, 0.15) is 20.5 Å². The lowest BCUT2D eigenvalue weighted by Gasteiger charge is -2.03. The molecule has 1 aromatic heterocycles. The fraction of sp³-hybridized carbons (Fsp3) is 0.636. The minimum Gasteiger partial charge on any atom is -0.383 e. The Labute approximate surface area is 128 Å². The first-order valence-corrected chi connectivity index (χ1v) is 9.16. The third-order valence-electron chi connectivity index (χ3n) is 2.42. The predicted molar refractivity (Wildman–Crippen MR) is 83.6 cm³/mol. The normalized spacial score (nSPS) is 11.3. The standard InChI is InChI=1S/C11H20N4O4S2/c1-19-6-5-14-11-15-9(12)8(20-11)10(16)13-4-3-7-21(2,17)18/h3-7,12H2,1-2H3,(H,13,16)(H,14,15). The molecule has 4 N–H and O–H groups in total. The van der Waals surface area contributed by atoms with E-state index in [0.717, 1.165) is 17.6 Å². The Balaban J connectivity index is 2.46. The Morgan fingerprint density at radius 2 is 2.14 bits per heavy atom. The van der Waals surface area contributed by atoms with Crippen LogP contribution in [0, 0.1) is 0 Å². The number of anilines is 2. The molecule has 0 aromatic carbocycles. The molecule has 10 heteroatoms. The molecule has 1 amide bonds. The second-order valence-corrected chi connectivity index (χ2v) is 7.65. The van der Waals surface area contributed by atoms with Gasteiger partial charge in [0.2, 0.25) is 0 Å². The van der Waals surface area contributed by atoms with Crippen LogP contribution in [0.5, 0.6) is 0 Å². The number of aromatic nitrogens is 1. The molecular weight excluding hydrogens is 316 g/mol. The molecule has 120 valence electrons. The van der Waals surface area contributed by atoms with Crippen molar-refractivity contribution in [3.63, 3.8) is 0 Å². The highest BCUT2D eigenvalue weighted by Crippen LogP contribution is 2.24. The Kier molecular flexibility index (Phi) is 6.85. The van der Waals surface area contributed by atoms with E-state index >= 15 is 0 Å². The van der Waals surface area contributed by atoms with Crippen molar-refractivity contribution in [3.05, 3.63) is 4.88 Å². The van der Waals surface area contributed by atoms with E-state index in [1.807, 2.05) is 0 Å². The highest BCUT2D eigenvalue weighted by atomic mass is 32.2. The van der Waals surface area contributed by atoms with Crippen LogP contribution in [0.15, 0.2) is 0 Å². The maximum atomic E-state index is 11.9. The van der Waals surface area contributed by atoms with E-state index in [1.165, 1.54) is 0 Å². The summed E-state index contributed by atoms with van der Waals surface area (Å²) in [6, 6.07) is 0. The van der Waals surface area contributed by atoms with Crippen molar-refractivity contribution in [2.75, 3.05) is 49.9 Å². The molecular formula is C11H20N4O4S2. The van der Waals surface area contributed by atoms with Gasteiger partial charge in [0.15, 0.2) is 5.13 Å². The zero-order valence-electron chi connectivity index (χ0n) is 12.0. The molecule has 21 heavy (non-hydrogen) atoms. The third kappa shape index (κ3) is 6.74. The SMILES string of the molecule is COCCNc1nc(N)c(C(=O)NCCCS(C)(=O)=O)s1. The average molecular weight is 336 g/mol. The minimum atomic E-state index is -3.01. The van der Waals surface area contributed by atoms with Gasteiger partial charge in [-0.1, -0.05) is 11.3 Å². The molecule has 0 saturated carbocycles. The van der Waals surface area contributed by atoms with Crippen LogP contribution >= 0.6 is 11.3 Å². The number of thiazole rings is 1. The summed E-state index contributed by atoms with van der Waals surface area (Å²) in [6.45, 7) is 1.36. The first kappa shape index (κ1) is 17.7. The molecule has 0 atom stereocenters. The van der Waals surface area contributed by atoms with Crippen molar-refractivity contribution >= 4 is 38.0 Å². The van der Waals surface area contributed by atoms with E-state index in [4.69, 9.17) is 10.5 Å². The van der Waals surface area contributed by atoms with Gasteiger partial charge < -0.3 is 21.1 Å². The van der Waals surface area contributed by atoms with Gasteiger partial charge in [-0.2, -0.15) is 0 Å². The fourth-order valence-corrected chi connectivity index (χ4v) is 2.94. The van der Waals surface area contributed by atoms with Gasteiger partial charge in [-0.15, -0.1) is 0 Å². The van der Waals surface area contributed by atoms with E-state index in [1.54, 1.807) is 7.11 Å². The van der Waals surface area contributed by atoms with Crippen molar-refractivity contribution in [3.8, 4) is 0 Å². The molecule has 0 fully saturated rings. The first-order valence-electron chi connectivity index (χ1n) is 6.28. The fourth-order valence-electron chi connectivity index (χ4n) is 1.45. The van der Waals surface area contributed by atoms with Gasteiger partial charge in [-0.05, 0) is 6.42 Å². The van der Waals surface area contributed by atoms with E-state index in [2.05, 4.69) is 15.6 Å². The lowest BCUT2D eigenvalue weighted by molar-refractivity contribution is 0.0958. The van der Waals surface area contributed by atoms with Crippen molar-refractivity contribution in [2.24, 2.45) is 0 Å². The van der Waals surface area contributed by atoms with Crippen LogP contribution < -0.4 is 16.4 Å². The number of sulfone groups is 1. The molecule has 0 aliphatic rings. The van der Waals surface area contributed by atoms with Crippen molar-refractivity contribution in [1.29, 1.82) is 0 Å². The number of nitrogens with one attached hydrogen (secondary N) is 2. The van der Waals surface area contributed by atoms with Gasteiger partial charge in [0.25, 0.3) is 5.91 Å². The van der Waals surface area contributed by atoms with Gasteiger partial charge in [-0.25, -0.2) is 13.4 Å². The molecule has 0 radical (unpaired) electrons. The number of nitrogen functional groups attached to an aromatic ring is 1. The number of nitrogens with zero attached hydrogens (tertiary/aromatic N) is 1. The highest BCUT2D eigenvalue weighted by Gasteiger charge is 2.15. The lowest BCUT2D eigenvalue weighted by atomic mass is 10.4. The first-order chi connectivity index (χ1) is 9.83. The highest BCUT2D eigenvalue weighted by molar-refractivity contribution is 7.90. The molecule has 1 heterocycles. The van der Waals surface area contributed by atoms with Gasteiger partial charge in [-0.3, -0.25) is 4.79 Å². The van der Waals surface area contributed by atoms with E-state index in [9.17, 15) is 13.2 Å². The van der Waals surface area contributed by atoms with Gasteiger partial charge in [0.05, 0.1) is 12.4 Å². The van der Waals surface area contributed by atoms with Crippen molar-refractivity contribution < 1.29 is 17.9 Å². The predicted octanol–water partition coefficient (Wildman–Crippen LogP) is -0.0519. The van der Waals surface area contributed by atoms with Crippen molar-refractivity contribution in [1.82, 2.24) is 10.3 Å². The third-order valence-corrected chi connectivity index (χ3v) is 4.48. The molecule has 1 aromatic rings. The van der Waals surface area contributed by atoms with Crippen LogP contribution in [-0.4, -0.2) is 58.1 Å². The van der Waals surface area contributed by atoms with Crippen molar-refractivity contribution in [2.45, 2.75) is 6.42 Å². The number of rotatable bonds is 9. The van der Waals surface area contributed by atoms with E-state index in [0.29, 0.717) is 29.6 Å². The molecule has 0 aliphatic heterocycles. The molecule has 0 saturated heterocycles. The molecule has 8 nitrogen and oxygen atoms in total. The largest absolute Gasteiger partial charge is 0.383 e. The van der Waals surface area contributed by atoms with Crippen LogP contribution in [0.25, 0.3) is 0 Å². The Hall–Kier alpha value is -1.39. The lowest BCUT2D eigenvalue weighted by Crippen LogP contribution is -2.25. The zero-order chi connectivity index (χ0) is 15.9. The number of carbonyl (C=O) groups excluding carboxylic acids is 1. The summed E-state index contributed by atoms with van der Waals surface area (Å²) in [7, 11) is -1.42. The average Bonchev–Trinajstić information content (AvgIpc) is 2.75. The topological polar surface area (TPSA) is 123 Å². The maximum absolute atomic E-state index is 11.9. The zero-order valence-corrected chi connectivity index (χ0v) is 13.6. The Morgan fingerprint density at radius 3 is 2.76 bits per heavy atom. The summed E-state index contributed by atoms with van der Waals surface area (Å²) in [5.74, 6) is -0.159. The van der Waals surface area contributed by atoms with Gasteiger partial charge >= 0.3 is 0 Å². The van der Waals surface area contributed by atoms with Crippen LogP contribution in [0.4, 0.5) is 10.9 Å². The maximum Gasteiger partial charge on any atom is 0.265 e. The monoisotopic (exact) mass is 336 g/mol. The van der Waals surface area contributed by atoms with E-state index < -0.39 is 9.84 Å². The number of hydrogen-bond donors (Lipinski definition) is 3. The molecule has 0 bridgehead atoms. The molecule has 0 spiro atoms. The number of ether oxygens (including phenoxy) is 1. The minimum absolute atomic E-state index is 0.0370. The number of hydrogen-bond acceptors (Lipinski definition) is 8. The smallest absolute Gasteiger partial charge is 0.265 e. The number of nitrogens with two attached hydrogens (primary N) is 1. The quantitative estimate of drug-likeness (QED) is 0.540. The summed E-state index contributed by atoms with van der Waals surface area (Å²) in [5.41, 5.74) is 5.69. The number of amides is 1. The number of carbonyl (C=O) groups is 1. The Morgan fingerprint density at radius 1 is 1.43 bits per heavy atom. The summed E-state index contributed by atoms with van der Waals surface area (Å²) in [6.07, 6.45) is 1.52.